The van der Waals surface area contributed by atoms with Gasteiger partial charge in [0.2, 0.25) is 0 Å². The second kappa shape index (κ2) is 5.25. The highest BCUT2D eigenvalue weighted by molar-refractivity contribution is 5.64. The Labute approximate surface area is 126 Å². The second-order valence-corrected chi connectivity index (χ2v) is 5.91. The zero-order valence-electron chi connectivity index (χ0n) is 12.0. The van der Waals surface area contributed by atoms with Crippen molar-refractivity contribution in [3.05, 3.63) is 84.1 Å². The fourth-order valence-corrected chi connectivity index (χ4v) is 2.97. The number of dihydropyridines is 1. The highest BCUT2D eigenvalue weighted by atomic mass is 14.9. The van der Waals surface area contributed by atoms with Crippen LogP contribution in [0, 0.1) is 5.92 Å². The normalized spacial score (nSPS) is 20.8. The molecule has 21 heavy (non-hydrogen) atoms. The van der Waals surface area contributed by atoms with Crippen LogP contribution in [0.1, 0.15) is 24.4 Å². The maximum Gasteiger partial charge on any atom is 0.0698 e. The van der Waals surface area contributed by atoms with Gasteiger partial charge in [0.15, 0.2) is 0 Å². The molecule has 0 bridgehead atoms. The Morgan fingerprint density at radius 3 is 2.48 bits per heavy atom. The molecule has 104 valence electrons. The van der Waals surface area contributed by atoms with Crippen LogP contribution in [0.2, 0.25) is 0 Å². The van der Waals surface area contributed by atoms with Crippen LogP contribution in [0.15, 0.2) is 78.5 Å². The third kappa shape index (κ3) is 2.64. The summed E-state index contributed by atoms with van der Waals surface area (Å²) in [4.78, 5) is 0. The summed E-state index contributed by atoms with van der Waals surface area (Å²) < 4.78 is 0. The molecule has 1 saturated carbocycles. The van der Waals surface area contributed by atoms with Crippen molar-refractivity contribution in [1.82, 2.24) is 5.32 Å². The van der Waals surface area contributed by atoms with Crippen LogP contribution in [-0.4, -0.2) is 0 Å². The molecule has 1 aliphatic heterocycles. The molecular formula is C20H19N. The van der Waals surface area contributed by atoms with Gasteiger partial charge in [0, 0.05) is 0 Å². The molecular weight excluding hydrogens is 254 g/mol. The summed E-state index contributed by atoms with van der Waals surface area (Å²) in [5.41, 5.74) is 5.39. The summed E-state index contributed by atoms with van der Waals surface area (Å²) in [5.74, 6) is 0.808. The summed E-state index contributed by atoms with van der Waals surface area (Å²) in [7, 11) is 0. The first-order valence-electron chi connectivity index (χ1n) is 7.70. The first kappa shape index (κ1) is 12.5. The number of rotatable bonds is 3. The first-order valence-corrected chi connectivity index (χ1v) is 7.70. The maximum atomic E-state index is 3.47. The predicted octanol–water partition coefficient (Wildman–Crippen LogP) is 4.85. The van der Waals surface area contributed by atoms with Gasteiger partial charge < -0.3 is 5.32 Å². The van der Waals surface area contributed by atoms with Crippen molar-refractivity contribution in [1.29, 1.82) is 0 Å². The van der Waals surface area contributed by atoms with Gasteiger partial charge in [-0.1, -0.05) is 54.6 Å². The molecule has 0 amide bonds. The smallest absolute Gasteiger partial charge is 0.0698 e. The van der Waals surface area contributed by atoms with E-state index in [1.54, 1.807) is 0 Å². The molecule has 1 N–H and O–H groups in total. The maximum absolute atomic E-state index is 3.47. The lowest BCUT2D eigenvalue weighted by molar-refractivity contribution is 0.729. The van der Waals surface area contributed by atoms with Crippen LogP contribution in [0.4, 0.5) is 0 Å². The van der Waals surface area contributed by atoms with E-state index in [-0.39, 0.29) is 0 Å². The lowest BCUT2D eigenvalue weighted by Gasteiger charge is -2.20. The quantitative estimate of drug-likeness (QED) is 0.843. The highest BCUT2D eigenvalue weighted by Gasteiger charge is 2.26. The van der Waals surface area contributed by atoms with Crippen molar-refractivity contribution < 1.29 is 0 Å². The fraction of sp³-hybridized carbons (Fsp3) is 0.200. The molecule has 1 heterocycles. The average molecular weight is 273 g/mol. The lowest BCUT2D eigenvalue weighted by atomic mass is 9.96. The van der Waals surface area contributed by atoms with Crippen molar-refractivity contribution in [2.75, 3.05) is 0 Å². The van der Waals surface area contributed by atoms with E-state index in [1.165, 1.54) is 35.1 Å². The van der Waals surface area contributed by atoms with Gasteiger partial charge in [-0.05, 0) is 59.4 Å². The molecule has 1 aliphatic carbocycles. The summed E-state index contributed by atoms with van der Waals surface area (Å²) in [6.45, 7) is 0. The minimum atomic E-state index is 0.300. The summed E-state index contributed by atoms with van der Waals surface area (Å²) >= 11 is 0. The number of nitrogens with one attached hydrogen (secondary N) is 1. The molecule has 1 nitrogen and oxygen atoms in total. The zero-order chi connectivity index (χ0) is 14.1. The molecule has 0 aromatic heterocycles. The Balaban J connectivity index is 1.65. The molecule has 1 atom stereocenters. The van der Waals surface area contributed by atoms with Gasteiger partial charge in [-0.3, -0.25) is 0 Å². The molecule has 1 unspecified atom stereocenters. The van der Waals surface area contributed by atoms with Gasteiger partial charge in [-0.2, -0.15) is 0 Å². The largest absolute Gasteiger partial charge is 0.381 e. The van der Waals surface area contributed by atoms with Crippen molar-refractivity contribution in [2.45, 2.75) is 18.9 Å². The van der Waals surface area contributed by atoms with Crippen molar-refractivity contribution in [3.8, 4) is 11.1 Å². The Hall–Kier alpha value is -2.28. The standard InChI is InChI=1S/C20H19N/c1-2-5-15(6-3-1)17-7-4-8-19(13-17)20-14-18(11-12-21-20)16-9-10-16/h1-8,11-14,16,20-21H,9-10H2. The van der Waals surface area contributed by atoms with E-state index in [2.05, 4.69) is 78.3 Å². The van der Waals surface area contributed by atoms with Crippen LogP contribution < -0.4 is 5.32 Å². The average Bonchev–Trinajstić information content (AvgIpc) is 3.41. The molecule has 4 rings (SSSR count). The van der Waals surface area contributed by atoms with Gasteiger partial charge in [0.05, 0.1) is 6.04 Å². The third-order valence-corrected chi connectivity index (χ3v) is 4.31. The van der Waals surface area contributed by atoms with E-state index in [0.29, 0.717) is 6.04 Å². The van der Waals surface area contributed by atoms with Crippen molar-refractivity contribution >= 4 is 0 Å². The topological polar surface area (TPSA) is 12.0 Å². The molecule has 0 radical (unpaired) electrons. The van der Waals surface area contributed by atoms with Crippen LogP contribution in [-0.2, 0) is 0 Å². The van der Waals surface area contributed by atoms with E-state index < -0.39 is 0 Å². The van der Waals surface area contributed by atoms with E-state index >= 15 is 0 Å². The number of benzene rings is 2. The number of allylic oxidation sites excluding steroid dienone is 2. The van der Waals surface area contributed by atoms with Crippen molar-refractivity contribution in [3.63, 3.8) is 0 Å². The van der Waals surface area contributed by atoms with E-state index in [1.807, 2.05) is 0 Å². The molecule has 0 saturated heterocycles. The van der Waals surface area contributed by atoms with Crippen molar-refractivity contribution in [2.24, 2.45) is 5.92 Å². The number of hydrogen-bond donors (Lipinski definition) is 1. The summed E-state index contributed by atoms with van der Waals surface area (Å²) in [6.07, 6.45) is 9.43. The minimum absolute atomic E-state index is 0.300. The second-order valence-electron chi connectivity index (χ2n) is 5.91. The van der Waals surface area contributed by atoms with Gasteiger partial charge in [-0.15, -0.1) is 0 Å². The summed E-state index contributed by atoms with van der Waals surface area (Å²) in [5, 5.41) is 3.47. The Morgan fingerprint density at radius 1 is 0.857 bits per heavy atom. The highest BCUT2D eigenvalue weighted by Crippen LogP contribution is 2.39. The van der Waals surface area contributed by atoms with Gasteiger partial charge in [0.1, 0.15) is 0 Å². The monoisotopic (exact) mass is 273 g/mol. The molecule has 2 aromatic carbocycles. The van der Waals surface area contributed by atoms with E-state index in [9.17, 15) is 0 Å². The molecule has 0 spiro atoms. The molecule has 1 heteroatoms. The zero-order valence-corrected chi connectivity index (χ0v) is 12.0. The van der Waals surface area contributed by atoms with Gasteiger partial charge in [0.25, 0.3) is 0 Å². The molecule has 2 aromatic rings. The van der Waals surface area contributed by atoms with E-state index in [0.717, 1.165) is 5.92 Å². The predicted molar refractivity (Wildman–Crippen MR) is 87.7 cm³/mol. The Kier molecular flexibility index (Phi) is 3.11. The number of hydrogen-bond acceptors (Lipinski definition) is 1. The van der Waals surface area contributed by atoms with E-state index in [4.69, 9.17) is 0 Å². The third-order valence-electron chi connectivity index (χ3n) is 4.31. The van der Waals surface area contributed by atoms with Gasteiger partial charge in [-0.25, -0.2) is 0 Å². The van der Waals surface area contributed by atoms with Crippen LogP contribution >= 0.6 is 0 Å². The summed E-state index contributed by atoms with van der Waals surface area (Å²) in [6, 6.07) is 19.7. The fourth-order valence-electron chi connectivity index (χ4n) is 2.97. The molecule has 1 fully saturated rings. The Morgan fingerprint density at radius 2 is 1.67 bits per heavy atom. The van der Waals surface area contributed by atoms with Gasteiger partial charge >= 0.3 is 0 Å². The minimum Gasteiger partial charge on any atom is -0.381 e. The van der Waals surface area contributed by atoms with Crippen LogP contribution in [0.25, 0.3) is 11.1 Å². The van der Waals surface area contributed by atoms with Crippen LogP contribution in [0.5, 0.6) is 0 Å². The SMILES string of the molecule is C1=CC(C2CC2)=CC(c2cccc(-c3ccccc3)c2)N1. The first-order chi connectivity index (χ1) is 10.4. The Bertz CT molecular complexity index is 693. The molecule has 2 aliphatic rings. The van der Waals surface area contributed by atoms with Crippen LogP contribution in [0.3, 0.4) is 0 Å². The lowest BCUT2D eigenvalue weighted by Crippen LogP contribution is -2.17.